The van der Waals surface area contributed by atoms with Crippen LogP contribution in [0.1, 0.15) is 18.1 Å². The van der Waals surface area contributed by atoms with Crippen molar-refractivity contribution in [2.45, 2.75) is 20.8 Å². The molecule has 1 N–H and O–H groups in total. The minimum absolute atomic E-state index is 0.716. The van der Waals surface area contributed by atoms with Gasteiger partial charge >= 0.3 is 0 Å². The van der Waals surface area contributed by atoms with E-state index in [2.05, 4.69) is 50.3 Å². The number of likely N-dealkylation sites (N-methyl/N-ethyl adjacent to an activating group) is 1. The molecule has 0 heterocycles. The fraction of sp³-hybridized carbons (Fsp3) is 0.571. The Labute approximate surface area is 105 Å². The zero-order valence-corrected chi connectivity index (χ0v) is 11.6. The quantitative estimate of drug-likeness (QED) is 0.822. The highest BCUT2D eigenvalue weighted by atomic mass is 16.5. The van der Waals surface area contributed by atoms with Crippen LogP contribution in [0.5, 0.6) is 5.75 Å². The molecule has 0 fully saturated rings. The molecular formula is C14H24N2O. The summed E-state index contributed by atoms with van der Waals surface area (Å²) in [6, 6.07) is 4.27. The van der Waals surface area contributed by atoms with Gasteiger partial charge in [-0.1, -0.05) is 0 Å². The van der Waals surface area contributed by atoms with Crippen LogP contribution in [-0.2, 0) is 0 Å². The molecule has 0 radical (unpaired) electrons. The summed E-state index contributed by atoms with van der Waals surface area (Å²) in [5, 5.41) is 3.46. The highest BCUT2D eigenvalue weighted by Crippen LogP contribution is 2.26. The van der Waals surface area contributed by atoms with Gasteiger partial charge in [0.15, 0.2) is 0 Å². The van der Waals surface area contributed by atoms with Gasteiger partial charge in [-0.15, -0.1) is 0 Å². The van der Waals surface area contributed by atoms with E-state index in [0.29, 0.717) is 6.61 Å². The number of hydrogen-bond donors (Lipinski definition) is 1. The van der Waals surface area contributed by atoms with Crippen LogP contribution in [0.15, 0.2) is 12.1 Å². The Morgan fingerprint density at radius 3 is 2.47 bits per heavy atom. The van der Waals surface area contributed by atoms with Crippen LogP contribution >= 0.6 is 0 Å². The van der Waals surface area contributed by atoms with Gasteiger partial charge in [0.2, 0.25) is 0 Å². The van der Waals surface area contributed by atoms with Gasteiger partial charge in [0, 0.05) is 18.8 Å². The average molecular weight is 236 g/mol. The molecule has 1 aromatic carbocycles. The average Bonchev–Trinajstić information content (AvgIpc) is 2.24. The first-order valence-electron chi connectivity index (χ1n) is 6.17. The lowest BCUT2D eigenvalue weighted by atomic mass is 10.1. The number of hydrogen-bond acceptors (Lipinski definition) is 3. The van der Waals surface area contributed by atoms with Crippen molar-refractivity contribution >= 4 is 5.69 Å². The van der Waals surface area contributed by atoms with Crippen LogP contribution in [0, 0.1) is 13.8 Å². The van der Waals surface area contributed by atoms with Gasteiger partial charge in [0.05, 0.1) is 6.61 Å². The third kappa shape index (κ3) is 4.27. The summed E-state index contributed by atoms with van der Waals surface area (Å²) in [5.41, 5.74) is 3.62. The van der Waals surface area contributed by atoms with Gasteiger partial charge < -0.3 is 15.0 Å². The molecule has 1 aromatic rings. The van der Waals surface area contributed by atoms with Gasteiger partial charge in [-0.3, -0.25) is 0 Å². The fourth-order valence-electron chi connectivity index (χ4n) is 1.71. The maximum absolute atomic E-state index is 5.58. The summed E-state index contributed by atoms with van der Waals surface area (Å²) < 4.78 is 5.58. The molecule has 0 unspecified atom stereocenters. The minimum Gasteiger partial charge on any atom is -0.494 e. The highest BCUT2D eigenvalue weighted by molar-refractivity contribution is 5.57. The molecular weight excluding hydrogens is 212 g/mol. The Balaban J connectivity index is 2.70. The van der Waals surface area contributed by atoms with E-state index in [4.69, 9.17) is 4.74 Å². The fourth-order valence-corrected chi connectivity index (χ4v) is 1.71. The molecule has 0 aromatic heterocycles. The second kappa shape index (κ2) is 6.50. The van der Waals surface area contributed by atoms with Crippen LogP contribution in [0.3, 0.4) is 0 Å². The van der Waals surface area contributed by atoms with Crippen LogP contribution < -0.4 is 10.1 Å². The Morgan fingerprint density at radius 2 is 1.88 bits per heavy atom. The number of nitrogens with one attached hydrogen (secondary N) is 1. The lowest BCUT2D eigenvalue weighted by molar-refractivity contribution is 0.337. The van der Waals surface area contributed by atoms with Crippen molar-refractivity contribution in [2.75, 3.05) is 39.1 Å². The van der Waals surface area contributed by atoms with Crippen LogP contribution in [0.25, 0.3) is 0 Å². The molecule has 1 rings (SSSR count). The molecule has 0 aliphatic heterocycles. The molecule has 0 aliphatic carbocycles. The largest absolute Gasteiger partial charge is 0.494 e. The molecule has 3 heteroatoms. The summed E-state index contributed by atoms with van der Waals surface area (Å²) in [4.78, 5) is 2.17. The van der Waals surface area contributed by atoms with Crippen LogP contribution in [0.2, 0.25) is 0 Å². The number of aryl methyl sites for hydroxylation is 2. The summed E-state index contributed by atoms with van der Waals surface area (Å²) in [6.45, 7) is 8.92. The Morgan fingerprint density at radius 1 is 1.18 bits per heavy atom. The molecule has 0 aliphatic rings. The number of rotatable bonds is 6. The SMILES string of the molecule is CCOc1cc(C)c(NCCN(C)C)cc1C. The predicted octanol–water partition coefficient (Wildman–Crippen LogP) is 2.68. The van der Waals surface area contributed by atoms with Gasteiger partial charge in [0.1, 0.15) is 5.75 Å². The van der Waals surface area contributed by atoms with E-state index in [1.807, 2.05) is 6.92 Å². The Kier molecular flexibility index (Phi) is 5.29. The van der Waals surface area contributed by atoms with Crippen LogP contribution in [0.4, 0.5) is 5.69 Å². The summed E-state index contributed by atoms with van der Waals surface area (Å²) in [5.74, 6) is 0.989. The zero-order valence-electron chi connectivity index (χ0n) is 11.6. The second-order valence-corrected chi connectivity index (χ2v) is 4.60. The van der Waals surface area contributed by atoms with E-state index in [1.165, 1.54) is 16.8 Å². The van der Waals surface area contributed by atoms with E-state index in [9.17, 15) is 0 Å². The molecule has 0 saturated carbocycles. The van der Waals surface area contributed by atoms with Crippen molar-refractivity contribution in [1.82, 2.24) is 4.90 Å². The predicted molar refractivity (Wildman–Crippen MR) is 74.1 cm³/mol. The zero-order chi connectivity index (χ0) is 12.8. The van der Waals surface area contributed by atoms with E-state index < -0.39 is 0 Å². The molecule has 0 bridgehead atoms. The number of benzene rings is 1. The summed E-state index contributed by atoms with van der Waals surface area (Å²) in [7, 11) is 4.16. The molecule has 96 valence electrons. The normalized spacial score (nSPS) is 10.7. The Bertz CT molecular complexity index is 361. The topological polar surface area (TPSA) is 24.5 Å². The standard InChI is InChI=1S/C14H24N2O/c1-6-17-14-10-11(2)13(9-12(14)3)15-7-8-16(4)5/h9-10,15H,6-8H2,1-5H3. The Hall–Kier alpha value is -1.22. The van der Waals surface area contributed by atoms with Crippen molar-refractivity contribution in [2.24, 2.45) is 0 Å². The smallest absolute Gasteiger partial charge is 0.122 e. The maximum atomic E-state index is 5.58. The van der Waals surface area contributed by atoms with E-state index >= 15 is 0 Å². The second-order valence-electron chi connectivity index (χ2n) is 4.60. The van der Waals surface area contributed by atoms with Crippen molar-refractivity contribution in [3.63, 3.8) is 0 Å². The first-order valence-corrected chi connectivity index (χ1v) is 6.17. The maximum Gasteiger partial charge on any atom is 0.122 e. The third-order valence-electron chi connectivity index (χ3n) is 2.70. The molecule has 0 amide bonds. The van der Waals surface area contributed by atoms with Gasteiger partial charge in [-0.25, -0.2) is 0 Å². The first kappa shape index (κ1) is 13.8. The lowest BCUT2D eigenvalue weighted by Crippen LogP contribution is -2.21. The number of nitrogens with zero attached hydrogens (tertiary/aromatic N) is 1. The highest BCUT2D eigenvalue weighted by Gasteiger charge is 2.04. The van der Waals surface area contributed by atoms with Crippen molar-refractivity contribution in [3.8, 4) is 5.75 Å². The minimum atomic E-state index is 0.716. The third-order valence-corrected chi connectivity index (χ3v) is 2.70. The summed E-state index contributed by atoms with van der Waals surface area (Å²) in [6.07, 6.45) is 0. The van der Waals surface area contributed by atoms with E-state index in [-0.39, 0.29) is 0 Å². The van der Waals surface area contributed by atoms with Gasteiger partial charge in [-0.2, -0.15) is 0 Å². The molecule has 0 spiro atoms. The number of anilines is 1. The number of ether oxygens (including phenoxy) is 1. The van der Waals surface area contributed by atoms with Crippen LogP contribution in [-0.4, -0.2) is 38.7 Å². The van der Waals surface area contributed by atoms with Gasteiger partial charge in [0.25, 0.3) is 0 Å². The molecule has 0 saturated heterocycles. The molecule has 0 atom stereocenters. The molecule has 3 nitrogen and oxygen atoms in total. The van der Waals surface area contributed by atoms with Crippen molar-refractivity contribution < 1.29 is 4.74 Å². The monoisotopic (exact) mass is 236 g/mol. The first-order chi connectivity index (χ1) is 8.04. The van der Waals surface area contributed by atoms with E-state index in [1.54, 1.807) is 0 Å². The summed E-state index contributed by atoms with van der Waals surface area (Å²) >= 11 is 0. The molecule has 17 heavy (non-hydrogen) atoms. The van der Waals surface area contributed by atoms with Gasteiger partial charge in [-0.05, 0) is 58.1 Å². The van der Waals surface area contributed by atoms with Crippen molar-refractivity contribution in [3.05, 3.63) is 23.3 Å². The van der Waals surface area contributed by atoms with Crippen molar-refractivity contribution in [1.29, 1.82) is 0 Å². The van der Waals surface area contributed by atoms with E-state index in [0.717, 1.165) is 18.8 Å². The lowest BCUT2D eigenvalue weighted by Gasteiger charge is -2.15.